The van der Waals surface area contributed by atoms with Gasteiger partial charge in [-0.25, -0.2) is 0 Å². The van der Waals surface area contributed by atoms with E-state index in [0.717, 1.165) is 26.1 Å². The molecule has 0 saturated carbocycles. The Morgan fingerprint density at radius 2 is 2.00 bits per heavy atom. The third-order valence-corrected chi connectivity index (χ3v) is 2.96. The summed E-state index contributed by atoms with van der Waals surface area (Å²) in [6.07, 6.45) is 3.45. The number of hydrogen-bond acceptors (Lipinski definition) is 3. The van der Waals surface area contributed by atoms with Crippen LogP contribution < -0.4 is 0 Å². The molecule has 0 radical (unpaired) electrons. The lowest BCUT2D eigenvalue weighted by Gasteiger charge is -2.22. The first kappa shape index (κ1) is 10.4. The fourth-order valence-corrected chi connectivity index (χ4v) is 1.98. The minimum atomic E-state index is 0.0862. The summed E-state index contributed by atoms with van der Waals surface area (Å²) in [6, 6.07) is 0. The van der Waals surface area contributed by atoms with Crippen LogP contribution in [0.25, 0.3) is 0 Å². The second-order valence-corrected chi connectivity index (χ2v) is 4.15. The Morgan fingerprint density at radius 3 is 2.67 bits per heavy atom. The highest BCUT2D eigenvalue weighted by atomic mass is 32.2. The number of hydrogen-bond donors (Lipinski definition) is 0. The van der Waals surface area contributed by atoms with Gasteiger partial charge in [-0.15, -0.1) is 0 Å². The van der Waals surface area contributed by atoms with E-state index in [0.29, 0.717) is 0 Å². The van der Waals surface area contributed by atoms with Gasteiger partial charge in [-0.1, -0.05) is 6.92 Å². The predicted octanol–water partition coefficient (Wildman–Crippen LogP) is 2.28. The average molecular weight is 190 g/mol. The molecule has 0 aromatic heterocycles. The molecular weight excluding hydrogens is 172 g/mol. The summed E-state index contributed by atoms with van der Waals surface area (Å²) in [4.78, 5) is 0. The molecule has 1 aliphatic heterocycles. The lowest BCUT2D eigenvalue weighted by atomic mass is 10.4. The topological polar surface area (TPSA) is 18.5 Å². The van der Waals surface area contributed by atoms with Gasteiger partial charge < -0.3 is 9.47 Å². The van der Waals surface area contributed by atoms with Crippen LogP contribution in [0.15, 0.2) is 0 Å². The lowest BCUT2D eigenvalue weighted by molar-refractivity contribution is -0.178. The van der Waals surface area contributed by atoms with Gasteiger partial charge in [-0.3, -0.25) is 0 Å². The summed E-state index contributed by atoms with van der Waals surface area (Å²) < 4.78 is 10.8. The molecule has 72 valence electrons. The Hall–Kier alpha value is 0.270. The fraction of sp³-hybridized carbons (Fsp3) is 1.00. The van der Waals surface area contributed by atoms with Crippen molar-refractivity contribution in [2.75, 3.05) is 24.7 Å². The Balaban J connectivity index is 1.91. The van der Waals surface area contributed by atoms with E-state index in [1.807, 2.05) is 11.8 Å². The zero-order valence-corrected chi connectivity index (χ0v) is 8.57. The van der Waals surface area contributed by atoms with Crippen LogP contribution in [0.2, 0.25) is 0 Å². The molecule has 0 amide bonds. The molecule has 0 aromatic rings. The zero-order chi connectivity index (χ0) is 8.65. The quantitative estimate of drug-likeness (QED) is 0.620. The molecule has 0 spiro atoms. The molecule has 0 N–H and O–H groups in total. The molecule has 1 saturated heterocycles. The van der Waals surface area contributed by atoms with Gasteiger partial charge >= 0.3 is 0 Å². The van der Waals surface area contributed by atoms with Gasteiger partial charge in [0.05, 0.1) is 13.2 Å². The van der Waals surface area contributed by atoms with Crippen molar-refractivity contribution in [1.82, 2.24) is 0 Å². The van der Waals surface area contributed by atoms with Crippen LogP contribution in [0.4, 0.5) is 0 Å². The number of thioether (sulfide) groups is 1. The Bertz CT molecular complexity index is 103. The molecule has 12 heavy (non-hydrogen) atoms. The first-order valence-electron chi connectivity index (χ1n) is 4.74. The standard InChI is InChI=1S/C9H18O2S/c1-2-7-12-8-4-9-10-5-3-6-11-9/h9H,2-8H2,1H3. The minimum Gasteiger partial charge on any atom is -0.353 e. The second kappa shape index (κ2) is 6.75. The molecule has 3 heteroatoms. The maximum Gasteiger partial charge on any atom is 0.158 e. The van der Waals surface area contributed by atoms with Crippen LogP contribution in [-0.2, 0) is 9.47 Å². The van der Waals surface area contributed by atoms with Gasteiger partial charge in [-0.2, -0.15) is 11.8 Å². The Morgan fingerprint density at radius 1 is 1.25 bits per heavy atom. The van der Waals surface area contributed by atoms with E-state index in [1.54, 1.807) is 0 Å². The summed E-state index contributed by atoms with van der Waals surface area (Å²) in [7, 11) is 0. The number of ether oxygens (including phenoxy) is 2. The maximum absolute atomic E-state index is 5.42. The Labute approximate surface area is 79.0 Å². The molecule has 0 unspecified atom stereocenters. The van der Waals surface area contributed by atoms with Gasteiger partial charge in [0, 0.05) is 6.42 Å². The molecule has 0 atom stereocenters. The monoisotopic (exact) mass is 190 g/mol. The van der Waals surface area contributed by atoms with Crippen molar-refractivity contribution in [2.45, 2.75) is 32.5 Å². The minimum absolute atomic E-state index is 0.0862. The summed E-state index contributed by atoms with van der Waals surface area (Å²) in [5.41, 5.74) is 0. The van der Waals surface area contributed by atoms with E-state index in [-0.39, 0.29) is 6.29 Å². The average Bonchev–Trinajstić information content (AvgIpc) is 2.14. The van der Waals surface area contributed by atoms with E-state index < -0.39 is 0 Å². The molecule has 1 fully saturated rings. The van der Waals surface area contributed by atoms with E-state index in [2.05, 4.69) is 6.92 Å². The highest BCUT2D eigenvalue weighted by Gasteiger charge is 2.12. The largest absolute Gasteiger partial charge is 0.353 e. The third-order valence-electron chi connectivity index (χ3n) is 1.74. The van der Waals surface area contributed by atoms with Crippen LogP contribution in [0.5, 0.6) is 0 Å². The predicted molar refractivity (Wildman–Crippen MR) is 52.5 cm³/mol. The smallest absolute Gasteiger partial charge is 0.158 e. The van der Waals surface area contributed by atoms with Gasteiger partial charge in [0.25, 0.3) is 0 Å². The van der Waals surface area contributed by atoms with Crippen LogP contribution in [0.3, 0.4) is 0 Å². The van der Waals surface area contributed by atoms with Crippen molar-refractivity contribution in [2.24, 2.45) is 0 Å². The van der Waals surface area contributed by atoms with E-state index >= 15 is 0 Å². The lowest BCUT2D eigenvalue weighted by Crippen LogP contribution is -2.25. The summed E-state index contributed by atoms with van der Waals surface area (Å²) in [6.45, 7) is 3.97. The molecule has 1 rings (SSSR count). The van der Waals surface area contributed by atoms with Crippen molar-refractivity contribution < 1.29 is 9.47 Å². The van der Waals surface area contributed by atoms with E-state index in [9.17, 15) is 0 Å². The fourth-order valence-electron chi connectivity index (χ4n) is 1.13. The van der Waals surface area contributed by atoms with E-state index in [4.69, 9.17) is 9.47 Å². The molecular formula is C9H18O2S. The van der Waals surface area contributed by atoms with Crippen LogP contribution in [0, 0.1) is 0 Å². The normalized spacial score (nSPS) is 19.8. The van der Waals surface area contributed by atoms with Gasteiger partial charge in [-0.05, 0) is 24.3 Å². The highest BCUT2D eigenvalue weighted by molar-refractivity contribution is 7.99. The Kier molecular flexibility index (Phi) is 5.82. The molecule has 2 nitrogen and oxygen atoms in total. The van der Waals surface area contributed by atoms with Crippen molar-refractivity contribution in [3.05, 3.63) is 0 Å². The highest BCUT2D eigenvalue weighted by Crippen LogP contribution is 2.12. The molecule has 1 aliphatic rings. The van der Waals surface area contributed by atoms with Gasteiger partial charge in [0.15, 0.2) is 6.29 Å². The van der Waals surface area contributed by atoms with Crippen LogP contribution in [-0.4, -0.2) is 31.0 Å². The third kappa shape index (κ3) is 4.33. The first-order chi connectivity index (χ1) is 5.93. The summed E-state index contributed by atoms with van der Waals surface area (Å²) in [5.74, 6) is 2.42. The zero-order valence-electron chi connectivity index (χ0n) is 7.75. The van der Waals surface area contributed by atoms with Gasteiger partial charge in [0.2, 0.25) is 0 Å². The second-order valence-electron chi connectivity index (χ2n) is 2.93. The first-order valence-corrected chi connectivity index (χ1v) is 5.90. The van der Waals surface area contributed by atoms with Crippen molar-refractivity contribution >= 4 is 11.8 Å². The number of rotatable bonds is 5. The van der Waals surface area contributed by atoms with Crippen LogP contribution >= 0.6 is 11.8 Å². The van der Waals surface area contributed by atoms with Crippen LogP contribution in [0.1, 0.15) is 26.2 Å². The van der Waals surface area contributed by atoms with Gasteiger partial charge in [0.1, 0.15) is 0 Å². The SMILES string of the molecule is CCCSCCC1OCCCO1. The molecule has 0 aromatic carbocycles. The van der Waals surface area contributed by atoms with Crippen molar-refractivity contribution in [1.29, 1.82) is 0 Å². The summed E-state index contributed by atoms with van der Waals surface area (Å²) in [5, 5.41) is 0. The van der Waals surface area contributed by atoms with E-state index in [1.165, 1.54) is 17.9 Å². The maximum atomic E-state index is 5.42. The summed E-state index contributed by atoms with van der Waals surface area (Å²) >= 11 is 1.99. The van der Waals surface area contributed by atoms with Crippen molar-refractivity contribution in [3.8, 4) is 0 Å². The van der Waals surface area contributed by atoms with Crippen molar-refractivity contribution in [3.63, 3.8) is 0 Å². The molecule has 1 heterocycles. The molecule has 0 bridgehead atoms. The molecule has 0 aliphatic carbocycles.